The fourth-order valence-electron chi connectivity index (χ4n) is 2.05. The van der Waals surface area contributed by atoms with Crippen LogP contribution >= 0.6 is 0 Å². The number of carbonyl (C=O) groups is 1. The van der Waals surface area contributed by atoms with Crippen molar-refractivity contribution in [2.75, 3.05) is 5.32 Å². The van der Waals surface area contributed by atoms with E-state index in [0.29, 0.717) is 23.2 Å². The zero-order chi connectivity index (χ0) is 16.4. The lowest BCUT2D eigenvalue weighted by atomic mass is 10.0. The molecule has 1 amide bonds. The SMILES string of the molecule is CCCC(C(=O)Nc1cc(C)c(C)c(O)c1C)S(=O)(=O)O. The van der Waals surface area contributed by atoms with Gasteiger partial charge >= 0.3 is 0 Å². The lowest BCUT2D eigenvalue weighted by Crippen LogP contribution is -2.35. The largest absolute Gasteiger partial charge is 0.507 e. The number of hydrogen-bond acceptors (Lipinski definition) is 4. The molecule has 0 saturated carbocycles. The molecule has 1 aromatic carbocycles. The van der Waals surface area contributed by atoms with Crippen molar-refractivity contribution in [3.8, 4) is 5.75 Å². The van der Waals surface area contributed by atoms with E-state index in [0.717, 1.165) is 5.56 Å². The van der Waals surface area contributed by atoms with Crippen LogP contribution in [0.15, 0.2) is 6.07 Å². The van der Waals surface area contributed by atoms with Crippen LogP contribution in [0.4, 0.5) is 5.69 Å². The molecule has 0 saturated heterocycles. The van der Waals surface area contributed by atoms with Crippen LogP contribution < -0.4 is 5.32 Å². The minimum atomic E-state index is -4.46. The van der Waals surface area contributed by atoms with Gasteiger partial charge in [-0.1, -0.05) is 13.3 Å². The molecular formula is C14H21NO5S. The molecule has 6 nitrogen and oxygen atoms in total. The smallest absolute Gasteiger partial charge is 0.276 e. The van der Waals surface area contributed by atoms with Crippen molar-refractivity contribution in [3.63, 3.8) is 0 Å². The number of rotatable bonds is 5. The molecule has 1 unspecified atom stereocenters. The molecule has 1 rings (SSSR count). The maximum absolute atomic E-state index is 12.1. The number of hydrogen-bond donors (Lipinski definition) is 3. The van der Waals surface area contributed by atoms with E-state index in [2.05, 4.69) is 5.32 Å². The van der Waals surface area contributed by atoms with Gasteiger partial charge in [-0.05, 0) is 44.4 Å². The monoisotopic (exact) mass is 315 g/mol. The molecule has 7 heteroatoms. The fourth-order valence-corrected chi connectivity index (χ4v) is 2.91. The van der Waals surface area contributed by atoms with Crippen LogP contribution in [-0.4, -0.2) is 29.2 Å². The third kappa shape index (κ3) is 3.95. The van der Waals surface area contributed by atoms with E-state index in [4.69, 9.17) is 4.55 Å². The minimum absolute atomic E-state index is 0.0283. The number of phenols is 1. The molecule has 0 bridgehead atoms. The van der Waals surface area contributed by atoms with Gasteiger partial charge in [0.1, 0.15) is 5.75 Å². The van der Waals surface area contributed by atoms with Crippen molar-refractivity contribution in [1.29, 1.82) is 0 Å². The number of aromatic hydroxyl groups is 1. The Morgan fingerprint density at radius 1 is 1.29 bits per heavy atom. The molecule has 0 aliphatic heterocycles. The van der Waals surface area contributed by atoms with Crippen LogP contribution in [0.1, 0.15) is 36.5 Å². The summed E-state index contributed by atoms with van der Waals surface area (Å²) in [5.74, 6) is -0.741. The third-order valence-electron chi connectivity index (χ3n) is 3.53. The molecule has 0 fully saturated rings. The number of benzene rings is 1. The van der Waals surface area contributed by atoms with E-state index < -0.39 is 21.3 Å². The fraction of sp³-hybridized carbons (Fsp3) is 0.500. The Balaban J connectivity index is 3.13. The Hall–Kier alpha value is -1.60. The Morgan fingerprint density at radius 3 is 2.33 bits per heavy atom. The van der Waals surface area contributed by atoms with Crippen LogP contribution in [0.3, 0.4) is 0 Å². The van der Waals surface area contributed by atoms with Gasteiger partial charge in [-0.25, -0.2) is 0 Å². The van der Waals surface area contributed by atoms with Crippen LogP contribution in [0.5, 0.6) is 5.75 Å². The molecule has 118 valence electrons. The Morgan fingerprint density at radius 2 is 1.86 bits per heavy atom. The van der Waals surface area contributed by atoms with Gasteiger partial charge < -0.3 is 10.4 Å². The van der Waals surface area contributed by atoms with Crippen molar-refractivity contribution in [3.05, 3.63) is 22.8 Å². The van der Waals surface area contributed by atoms with Crippen molar-refractivity contribution in [1.82, 2.24) is 0 Å². The van der Waals surface area contributed by atoms with Gasteiger partial charge in [0.2, 0.25) is 5.91 Å². The van der Waals surface area contributed by atoms with Crippen molar-refractivity contribution < 1.29 is 22.9 Å². The summed E-state index contributed by atoms with van der Waals surface area (Å²) in [6.45, 7) is 6.87. The number of nitrogens with one attached hydrogen (secondary N) is 1. The highest BCUT2D eigenvalue weighted by Gasteiger charge is 2.30. The van der Waals surface area contributed by atoms with E-state index in [1.54, 1.807) is 33.8 Å². The summed E-state index contributed by atoms with van der Waals surface area (Å²) in [6.07, 6.45) is 0.468. The zero-order valence-electron chi connectivity index (χ0n) is 12.6. The average molecular weight is 315 g/mol. The molecular weight excluding hydrogens is 294 g/mol. The number of aryl methyl sites for hydroxylation is 1. The summed E-state index contributed by atoms with van der Waals surface area (Å²) in [7, 11) is -4.46. The van der Waals surface area contributed by atoms with E-state index in [-0.39, 0.29) is 12.2 Å². The number of anilines is 1. The molecule has 1 atom stereocenters. The molecule has 3 N–H and O–H groups in total. The van der Waals surface area contributed by atoms with E-state index in [1.807, 2.05) is 0 Å². The third-order valence-corrected chi connectivity index (χ3v) is 4.70. The first-order chi connectivity index (χ1) is 9.59. The van der Waals surface area contributed by atoms with Crippen LogP contribution in [-0.2, 0) is 14.9 Å². The maximum Gasteiger partial charge on any atom is 0.276 e. The molecule has 21 heavy (non-hydrogen) atoms. The lowest BCUT2D eigenvalue weighted by molar-refractivity contribution is -0.116. The second-order valence-corrected chi connectivity index (χ2v) is 6.72. The Bertz CT molecular complexity index is 652. The zero-order valence-corrected chi connectivity index (χ0v) is 13.4. The first-order valence-electron chi connectivity index (χ1n) is 6.66. The maximum atomic E-state index is 12.1. The summed E-state index contributed by atoms with van der Waals surface area (Å²) in [4.78, 5) is 12.1. The van der Waals surface area contributed by atoms with Crippen LogP contribution in [0.2, 0.25) is 0 Å². The van der Waals surface area contributed by atoms with Crippen LogP contribution in [0.25, 0.3) is 0 Å². The van der Waals surface area contributed by atoms with Gasteiger partial charge in [0, 0.05) is 11.3 Å². The van der Waals surface area contributed by atoms with Gasteiger partial charge in [0.25, 0.3) is 10.1 Å². The second kappa shape index (κ2) is 6.44. The van der Waals surface area contributed by atoms with Crippen molar-refractivity contribution in [2.45, 2.75) is 45.8 Å². The number of amides is 1. The predicted molar refractivity (Wildman–Crippen MR) is 81.2 cm³/mol. The van der Waals surface area contributed by atoms with E-state index >= 15 is 0 Å². The first kappa shape index (κ1) is 17.5. The Labute approximate surface area is 124 Å². The first-order valence-corrected chi connectivity index (χ1v) is 8.16. The average Bonchev–Trinajstić information content (AvgIpc) is 2.38. The van der Waals surface area contributed by atoms with Crippen molar-refractivity contribution >= 4 is 21.7 Å². The van der Waals surface area contributed by atoms with Gasteiger partial charge in [-0.3, -0.25) is 9.35 Å². The van der Waals surface area contributed by atoms with E-state index in [9.17, 15) is 18.3 Å². The molecule has 0 aliphatic rings. The van der Waals surface area contributed by atoms with Gasteiger partial charge in [-0.2, -0.15) is 8.42 Å². The summed E-state index contributed by atoms with van der Waals surface area (Å²) < 4.78 is 31.7. The van der Waals surface area contributed by atoms with Gasteiger partial charge in [-0.15, -0.1) is 0 Å². The highest BCUT2D eigenvalue weighted by Crippen LogP contribution is 2.31. The molecule has 0 radical (unpaired) electrons. The normalized spacial score (nSPS) is 13.0. The second-order valence-electron chi connectivity index (χ2n) is 5.12. The minimum Gasteiger partial charge on any atom is -0.507 e. The quantitative estimate of drug-likeness (QED) is 0.723. The molecule has 0 spiro atoms. The summed E-state index contributed by atoms with van der Waals surface area (Å²) in [5.41, 5.74) is 2.26. The molecule has 0 aromatic heterocycles. The number of phenolic OH excluding ortho intramolecular Hbond substituents is 1. The standard InChI is InChI=1S/C14H21NO5S/c1-5-6-12(21(18,19)20)14(17)15-11-7-8(2)9(3)13(16)10(11)4/h7,12,16H,5-6H2,1-4H3,(H,15,17)(H,18,19,20). The summed E-state index contributed by atoms with van der Waals surface area (Å²) in [5, 5.41) is 10.9. The van der Waals surface area contributed by atoms with Crippen molar-refractivity contribution in [2.24, 2.45) is 0 Å². The molecule has 0 aliphatic carbocycles. The summed E-state index contributed by atoms with van der Waals surface area (Å²) in [6, 6.07) is 1.66. The number of carbonyl (C=O) groups excluding carboxylic acids is 1. The Kier molecular flexibility index (Phi) is 5.36. The molecule has 1 aromatic rings. The summed E-state index contributed by atoms with van der Waals surface area (Å²) >= 11 is 0. The highest BCUT2D eigenvalue weighted by atomic mass is 32.2. The van der Waals surface area contributed by atoms with E-state index in [1.165, 1.54) is 0 Å². The molecule has 0 heterocycles. The predicted octanol–water partition coefficient (Wildman–Crippen LogP) is 2.31. The topological polar surface area (TPSA) is 104 Å². The lowest BCUT2D eigenvalue weighted by Gasteiger charge is -2.17. The highest BCUT2D eigenvalue weighted by molar-refractivity contribution is 7.87. The van der Waals surface area contributed by atoms with Crippen LogP contribution in [0, 0.1) is 20.8 Å². The van der Waals surface area contributed by atoms with Gasteiger partial charge in [0.15, 0.2) is 5.25 Å². The van der Waals surface area contributed by atoms with Gasteiger partial charge in [0.05, 0.1) is 0 Å².